The molecule has 0 unspecified atom stereocenters. The lowest BCUT2D eigenvalue weighted by Crippen LogP contribution is -2.48. The van der Waals surface area contributed by atoms with Crippen molar-refractivity contribution in [2.75, 3.05) is 20.5 Å². The molecule has 162 valence electrons. The minimum Gasteiger partial charge on any atom is -0.493 e. The van der Waals surface area contributed by atoms with Crippen LogP contribution in [0, 0.1) is 17.8 Å². The van der Waals surface area contributed by atoms with Gasteiger partial charge in [0.25, 0.3) is 0 Å². The quantitative estimate of drug-likeness (QED) is 0.696. The van der Waals surface area contributed by atoms with Gasteiger partial charge in [0.05, 0.1) is 20.5 Å². The Bertz CT molecular complexity index is 1010. The summed E-state index contributed by atoms with van der Waals surface area (Å²) in [5.41, 5.74) is 2.22. The molecule has 0 amide bonds. The summed E-state index contributed by atoms with van der Waals surface area (Å²) in [5, 5.41) is 0. The van der Waals surface area contributed by atoms with Gasteiger partial charge in [-0.2, -0.15) is 8.42 Å². The zero-order valence-electron chi connectivity index (χ0n) is 17.6. The van der Waals surface area contributed by atoms with Gasteiger partial charge in [-0.1, -0.05) is 0 Å². The van der Waals surface area contributed by atoms with Crippen molar-refractivity contribution in [2.45, 2.75) is 43.9 Å². The van der Waals surface area contributed by atoms with Gasteiger partial charge in [0, 0.05) is 22.9 Å². The molecule has 1 N–H and O–H groups in total. The molecule has 4 fully saturated rings. The number of rotatable bonds is 6. The summed E-state index contributed by atoms with van der Waals surface area (Å²) in [4.78, 5) is 8.25. The van der Waals surface area contributed by atoms with E-state index in [1.54, 1.807) is 12.1 Å². The van der Waals surface area contributed by atoms with Crippen LogP contribution in [0.3, 0.4) is 0 Å². The fraction of sp³-hybridized carbons (Fsp3) is 0.591. The van der Waals surface area contributed by atoms with Crippen molar-refractivity contribution < 1.29 is 22.1 Å². The van der Waals surface area contributed by atoms with Crippen LogP contribution < -0.4 is 13.7 Å². The first-order valence-corrected chi connectivity index (χ1v) is 12.3. The highest BCUT2D eigenvalue weighted by Gasteiger charge is 2.52. The summed E-state index contributed by atoms with van der Waals surface area (Å²) in [6.45, 7) is 0. The number of ether oxygens (including phenoxy) is 2. The molecule has 8 heteroatoms. The van der Waals surface area contributed by atoms with Crippen LogP contribution in [0.15, 0.2) is 18.3 Å². The molecule has 6 rings (SSSR count). The molecule has 1 aromatic carbocycles. The third kappa shape index (κ3) is 3.35. The molecule has 2 aromatic rings. The Morgan fingerprint density at radius 3 is 2.00 bits per heavy atom. The van der Waals surface area contributed by atoms with Crippen molar-refractivity contribution >= 4 is 10.1 Å². The second-order valence-corrected chi connectivity index (χ2v) is 10.9. The second-order valence-electron chi connectivity index (χ2n) is 9.34. The number of hydrogen-bond donors (Lipinski definition) is 1. The number of methoxy groups -OCH3 is 2. The van der Waals surface area contributed by atoms with Crippen LogP contribution in [0.5, 0.6) is 17.2 Å². The topological polar surface area (TPSA) is 90.5 Å². The van der Waals surface area contributed by atoms with E-state index in [2.05, 4.69) is 9.97 Å². The Hall–Kier alpha value is -2.22. The highest BCUT2D eigenvalue weighted by Crippen LogP contribution is 2.60. The van der Waals surface area contributed by atoms with E-state index in [0.717, 1.165) is 35.4 Å². The maximum Gasteiger partial charge on any atom is 0.306 e. The number of aromatic amines is 1. The molecule has 4 aliphatic carbocycles. The summed E-state index contributed by atoms with van der Waals surface area (Å²) in [6, 6.07) is 3.46. The van der Waals surface area contributed by atoms with Crippen molar-refractivity contribution in [3.05, 3.63) is 24.0 Å². The van der Waals surface area contributed by atoms with Crippen molar-refractivity contribution in [1.29, 1.82) is 0 Å². The first-order valence-electron chi connectivity index (χ1n) is 10.5. The average Bonchev–Trinajstić information content (AvgIpc) is 3.17. The van der Waals surface area contributed by atoms with E-state index in [1.807, 2.05) is 6.20 Å². The molecule has 0 saturated heterocycles. The lowest BCUT2D eigenvalue weighted by molar-refractivity contribution is -0.00699. The van der Waals surface area contributed by atoms with E-state index in [4.69, 9.17) is 13.7 Å². The van der Waals surface area contributed by atoms with Crippen LogP contribution in [-0.2, 0) is 15.5 Å². The van der Waals surface area contributed by atoms with Crippen molar-refractivity contribution in [1.82, 2.24) is 9.97 Å². The molecule has 30 heavy (non-hydrogen) atoms. The van der Waals surface area contributed by atoms with E-state index in [0.29, 0.717) is 0 Å². The predicted octanol–water partition coefficient (Wildman–Crippen LogP) is 3.90. The molecule has 4 aliphatic rings. The number of imidazole rings is 1. The van der Waals surface area contributed by atoms with E-state index >= 15 is 0 Å². The van der Waals surface area contributed by atoms with Gasteiger partial charge in [0.1, 0.15) is 5.82 Å². The highest BCUT2D eigenvalue weighted by molar-refractivity contribution is 7.86. The number of aromatic nitrogens is 2. The van der Waals surface area contributed by atoms with E-state index in [9.17, 15) is 8.42 Å². The monoisotopic (exact) mass is 432 g/mol. The summed E-state index contributed by atoms with van der Waals surface area (Å²) in [5.74, 6) is 3.90. The van der Waals surface area contributed by atoms with Gasteiger partial charge in [0.2, 0.25) is 5.75 Å². The van der Waals surface area contributed by atoms with Crippen LogP contribution in [-0.4, -0.2) is 38.9 Å². The fourth-order valence-electron chi connectivity index (χ4n) is 6.43. The Morgan fingerprint density at radius 1 is 1.00 bits per heavy atom. The smallest absolute Gasteiger partial charge is 0.306 e. The Morgan fingerprint density at radius 2 is 1.53 bits per heavy atom. The predicted molar refractivity (Wildman–Crippen MR) is 112 cm³/mol. The van der Waals surface area contributed by atoms with Crippen molar-refractivity contribution in [3.8, 4) is 28.6 Å². The van der Waals surface area contributed by atoms with Gasteiger partial charge < -0.3 is 18.6 Å². The zero-order valence-corrected chi connectivity index (χ0v) is 18.4. The third-order valence-corrected chi connectivity index (χ3v) is 7.62. The molecule has 4 saturated carbocycles. The SMILES string of the molecule is COc1cc(-c2ncc(C34CC5CC(CC(C5)C3)C4)[nH]2)cc(OC)c1OS(C)(=O)=O. The molecule has 1 heterocycles. The van der Waals surface area contributed by atoms with E-state index < -0.39 is 10.1 Å². The molecule has 4 bridgehead atoms. The first kappa shape index (κ1) is 19.7. The fourth-order valence-corrected chi connectivity index (χ4v) is 6.90. The molecular weight excluding hydrogens is 404 g/mol. The van der Waals surface area contributed by atoms with Gasteiger partial charge in [0.15, 0.2) is 11.5 Å². The van der Waals surface area contributed by atoms with Gasteiger partial charge in [-0.25, -0.2) is 4.98 Å². The van der Waals surface area contributed by atoms with Crippen LogP contribution in [0.2, 0.25) is 0 Å². The van der Waals surface area contributed by atoms with Crippen molar-refractivity contribution in [2.24, 2.45) is 17.8 Å². The van der Waals surface area contributed by atoms with Crippen LogP contribution in [0.25, 0.3) is 11.4 Å². The second kappa shape index (κ2) is 6.90. The van der Waals surface area contributed by atoms with E-state index in [1.165, 1.54) is 58.4 Å². The van der Waals surface area contributed by atoms with Crippen molar-refractivity contribution in [3.63, 3.8) is 0 Å². The molecule has 0 aliphatic heterocycles. The van der Waals surface area contributed by atoms with E-state index in [-0.39, 0.29) is 22.7 Å². The maximum atomic E-state index is 11.6. The standard InChI is InChI=1S/C22H28N2O5S/c1-27-17-7-16(8-18(28-2)20(17)29-30(3,25)26)21-23-12-19(24-21)22-9-13-4-14(10-22)6-15(5-13)11-22/h7-8,12-15H,4-6,9-11H2,1-3H3,(H,23,24). The minimum absolute atomic E-state index is 0.0408. The Balaban J connectivity index is 1.51. The normalized spacial score (nSPS) is 29.8. The van der Waals surface area contributed by atoms with Crippen LogP contribution in [0.4, 0.5) is 0 Å². The Kier molecular flexibility index (Phi) is 4.54. The minimum atomic E-state index is -3.73. The molecule has 0 spiro atoms. The van der Waals surface area contributed by atoms with Gasteiger partial charge in [-0.3, -0.25) is 0 Å². The zero-order chi connectivity index (χ0) is 21.1. The maximum absolute atomic E-state index is 11.6. The number of benzene rings is 1. The summed E-state index contributed by atoms with van der Waals surface area (Å²) in [6.07, 6.45) is 11.0. The highest BCUT2D eigenvalue weighted by atomic mass is 32.2. The first-order chi connectivity index (χ1) is 14.3. The van der Waals surface area contributed by atoms with Gasteiger partial charge in [-0.15, -0.1) is 0 Å². The molecular formula is C22H28N2O5S. The Labute approximate surface area is 177 Å². The molecule has 1 aromatic heterocycles. The van der Waals surface area contributed by atoms with Gasteiger partial charge >= 0.3 is 10.1 Å². The molecule has 0 atom stereocenters. The largest absolute Gasteiger partial charge is 0.493 e. The summed E-state index contributed by atoms with van der Waals surface area (Å²) >= 11 is 0. The third-order valence-electron chi connectivity index (χ3n) is 7.15. The average molecular weight is 433 g/mol. The summed E-state index contributed by atoms with van der Waals surface area (Å²) < 4.78 is 39.2. The number of H-pyrrole nitrogens is 1. The lowest BCUT2D eigenvalue weighted by Gasteiger charge is -2.56. The molecule has 7 nitrogen and oxygen atoms in total. The molecule has 0 radical (unpaired) electrons. The van der Waals surface area contributed by atoms with Gasteiger partial charge in [-0.05, 0) is 68.4 Å². The summed E-state index contributed by atoms with van der Waals surface area (Å²) in [7, 11) is -0.787. The number of nitrogens with zero attached hydrogens (tertiary/aromatic N) is 1. The number of nitrogens with one attached hydrogen (secondary N) is 1. The van der Waals surface area contributed by atoms with Crippen LogP contribution in [0.1, 0.15) is 44.2 Å². The lowest BCUT2D eigenvalue weighted by atomic mass is 9.49. The number of hydrogen-bond acceptors (Lipinski definition) is 6. The van der Waals surface area contributed by atoms with Crippen LogP contribution >= 0.6 is 0 Å².